The lowest BCUT2D eigenvalue weighted by Crippen LogP contribution is -2.59. The van der Waals surface area contributed by atoms with E-state index in [1.54, 1.807) is 12.3 Å². The zero-order chi connectivity index (χ0) is 17.8. The van der Waals surface area contributed by atoms with Crippen LogP contribution in [0.25, 0.3) is 16.6 Å². The smallest absolute Gasteiger partial charge is 0.272 e. The molecule has 2 fully saturated rings. The second-order valence-electron chi connectivity index (χ2n) is 7.21. The summed E-state index contributed by atoms with van der Waals surface area (Å²) in [5, 5.41) is 19.0. The van der Waals surface area contributed by atoms with Gasteiger partial charge < -0.3 is 20.4 Å². The van der Waals surface area contributed by atoms with E-state index in [1.807, 2.05) is 4.90 Å². The van der Waals surface area contributed by atoms with Gasteiger partial charge in [0.25, 0.3) is 5.92 Å². The Morgan fingerprint density at radius 1 is 1.44 bits per heavy atom. The molecule has 0 radical (unpaired) electrons. The first-order chi connectivity index (χ1) is 11.9. The van der Waals surface area contributed by atoms with Crippen molar-refractivity contribution in [3.05, 3.63) is 29.4 Å². The quantitative estimate of drug-likeness (QED) is 0.660. The Kier molecular flexibility index (Phi) is 3.75. The Bertz CT molecular complexity index is 861. The number of hydrogen-bond donors (Lipinski definition) is 2. The van der Waals surface area contributed by atoms with Gasteiger partial charge >= 0.3 is 0 Å². The van der Waals surface area contributed by atoms with Crippen LogP contribution in [0.15, 0.2) is 18.5 Å². The van der Waals surface area contributed by atoms with E-state index in [4.69, 9.17) is 5.41 Å². The monoisotopic (exact) mass is 347 g/mol. The molecule has 3 heterocycles. The normalized spacial score (nSPS) is 29.0. The molecule has 1 aliphatic carbocycles. The molecule has 1 saturated heterocycles. The van der Waals surface area contributed by atoms with Crippen LogP contribution in [-0.2, 0) is 0 Å². The van der Waals surface area contributed by atoms with Gasteiger partial charge in [0.1, 0.15) is 5.65 Å². The van der Waals surface area contributed by atoms with Crippen molar-refractivity contribution in [3.8, 4) is 0 Å². The highest BCUT2D eigenvalue weighted by Crippen LogP contribution is 2.41. The highest BCUT2D eigenvalue weighted by molar-refractivity contribution is 5.92. The van der Waals surface area contributed by atoms with Gasteiger partial charge in [-0.25, -0.2) is 13.8 Å². The van der Waals surface area contributed by atoms with Gasteiger partial charge in [-0.2, -0.15) is 0 Å². The van der Waals surface area contributed by atoms with Crippen molar-refractivity contribution in [1.29, 1.82) is 5.41 Å². The van der Waals surface area contributed by atoms with Gasteiger partial charge in [-0.15, -0.1) is 0 Å². The van der Waals surface area contributed by atoms with Crippen molar-refractivity contribution < 1.29 is 8.78 Å². The van der Waals surface area contributed by atoms with E-state index in [0.29, 0.717) is 23.4 Å². The van der Waals surface area contributed by atoms with Gasteiger partial charge in [-0.3, -0.25) is 4.90 Å². The third-order valence-corrected chi connectivity index (χ3v) is 5.65. The molecular weight excluding hydrogens is 326 g/mol. The summed E-state index contributed by atoms with van der Waals surface area (Å²) in [4.78, 5) is 8.93. The number of rotatable bonds is 3. The third kappa shape index (κ3) is 2.68. The Balaban J connectivity index is 1.61. The summed E-state index contributed by atoms with van der Waals surface area (Å²) in [5.41, 5.74) is 1.18. The predicted molar refractivity (Wildman–Crippen MR) is 90.5 cm³/mol. The number of nitrogens with zero attached hydrogens (tertiary/aromatic N) is 4. The van der Waals surface area contributed by atoms with Crippen molar-refractivity contribution in [2.75, 3.05) is 13.1 Å². The number of fused-ring (bicyclic) bond motifs is 1. The number of aromatic nitrogens is 3. The second-order valence-corrected chi connectivity index (χ2v) is 7.21. The summed E-state index contributed by atoms with van der Waals surface area (Å²) >= 11 is 0. The zero-order valence-electron chi connectivity index (χ0n) is 14.0. The van der Waals surface area contributed by atoms with Gasteiger partial charge in [0.15, 0.2) is 0 Å². The summed E-state index contributed by atoms with van der Waals surface area (Å²) in [6.45, 7) is 1.72. The summed E-state index contributed by atoms with van der Waals surface area (Å²) in [5.74, 6) is -2.07. The fraction of sp³-hybridized carbons (Fsp3) is 0.588. The van der Waals surface area contributed by atoms with E-state index in [1.165, 1.54) is 10.8 Å². The average Bonchev–Trinajstić information content (AvgIpc) is 3.18. The van der Waals surface area contributed by atoms with Gasteiger partial charge in [0, 0.05) is 35.7 Å². The lowest BCUT2D eigenvalue weighted by molar-refractivity contribution is -0.145. The molecule has 2 aromatic heterocycles. The first-order valence-corrected chi connectivity index (χ1v) is 8.67. The molecule has 8 heteroatoms. The fourth-order valence-corrected chi connectivity index (χ4v) is 4.34. The molecule has 2 aromatic rings. The minimum absolute atomic E-state index is 0.0689. The molecule has 0 bridgehead atoms. The lowest BCUT2D eigenvalue weighted by Gasteiger charge is -2.42. The van der Waals surface area contributed by atoms with Gasteiger partial charge in [0.05, 0.1) is 13.1 Å². The van der Waals surface area contributed by atoms with Crippen molar-refractivity contribution in [3.63, 3.8) is 0 Å². The number of likely N-dealkylation sites (tertiary alicyclic amines) is 1. The van der Waals surface area contributed by atoms with Crippen LogP contribution in [0.1, 0.15) is 26.2 Å². The highest BCUT2D eigenvalue weighted by Gasteiger charge is 2.49. The third-order valence-electron chi connectivity index (χ3n) is 5.65. The maximum Gasteiger partial charge on any atom is 0.272 e. The molecule has 134 valence electrons. The molecule has 1 saturated carbocycles. The Morgan fingerprint density at radius 3 is 2.88 bits per heavy atom. The molecule has 6 nitrogen and oxygen atoms in total. The fourth-order valence-electron chi connectivity index (χ4n) is 4.34. The second kappa shape index (κ2) is 5.72. The van der Waals surface area contributed by atoms with Crippen LogP contribution < -0.4 is 5.49 Å². The summed E-state index contributed by atoms with van der Waals surface area (Å²) in [6.07, 6.45) is 5.43. The van der Waals surface area contributed by atoms with E-state index in [9.17, 15) is 14.2 Å². The Labute approximate surface area is 143 Å². The molecule has 1 unspecified atom stereocenters. The van der Waals surface area contributed by atoms with Crippen LogP contribution in [0, 0.1) is 17.2 Å². The molecule has 25 heavy (non-hydrogen) atoms. The van der Waals surface area contributed by atoms with Crippen LogP contribution in [0.3, 0.4) is 0 Å². The van der Waals surface area contributed by atoms with Crippen molar-refractivity contribution in [1.82, 2.24) is 19.4 Å². The molecule has 1 aliphatic heterocycles. The molecule has 4 rings (SSSR count). The molecule has 0 spiro atoms. The van der Waals surface area contributed by atoms with E-state index < -0.39 is 5.92 Å². The Morgan fingerprint density at radius 2 is 2.20 bits per heavy atom. The number of aromatic amines is 1. The molecule has 3 atom stereocenters. The van der Waals surface area contributed by atoms with E-state index in [2.05, 4.69) is 16.9 Å². The van der Waals surface area contributed by atoms with Gasteiger partial charge in [0.2, 0.25) is 0 Å². The maximum absolute atomic E-state index is 13.2. The average molecular weight is 347 g/mol. The number of H-pyrrole nitrogens is 1. The molecular formula is C17H21F2N6-. The summed E-state index contributed by atoms with van der Waals surface area (Å²) in [7, 11) is 0. The topological polar surface area (TPSA) is 83.0 Å². The van der Waals surface area contributed by atoms with E-state index >= 15 is 0 Å². The minimum atomic E-state index is -2.57. The van der Waals surface area contributed by atoms with Crippen LogP contribution in [0.4, 0.5) is 8.78 Å². The van der Waals surface area contributed by atoms with Crippen LogP contribution in [0.5, 0.6) is 0 Å². The number of halogens is 2. The van der Waals surface area contributed by atoms with Gasteiger partial charge in [-0.05, 0) is 30.3 Å². The van der Waals surface area contributed by atoms with Crippen molar-refractivity contribution in [2.24, 2.45) is 11.8 Å². The predicted octanol–water partition coefficient (Wildman–Crippen LogP) is 2.42. The van der Waals surface area contributed by atoms with Crippen LogP contribution in [-0.4, -0.2) is 50.3 Å². The van der Waals surface area contributed by atoms with Gasteiger partial charge in [-0.1, -0.05) is 13.3 Å². The lowest BCUT2D eigenvalue weighted by atomic mass is 9.92. The van der Waals surface area contributed by atoms with Crippen molar-refractivity contribution >= 4 is 17.0 Å². The maximum atomic E-state index is 13.2. The van der Waals surface area contributed by atoms with Crippen molar-refractivity contribution in [2.45, 2.75) is 38.2 Å². The molecule has 2 N–H and O–H groups in total. The van der Waals surface area contributed by atoms with E-state index in [0.717, 1.165) is 12.8 Å². The number of hydrogen-bond acceptors (Lipinski definition) is 3. The summed E-state index contributed by atoms with van der Waals surface area (Å²) < 4.78 is 27.9. The number of nitrogens with one attached hydrogen (secondary N) is 2. The standard InChI is InChI=1S/C17H21F2N6/c1-2-10-5-11(24-8-17(18,19)9-24)6-12(10)15(21)25-13-3-4-22-16(13)23-7-14(25)20/h3-4,7,10-12,21-22H,2,5-6,8-9H2,1H3/q-1/t10-,11+,12?/m1/s1. The Hall–Kier alpha value is -2.09. The SMILES string of the molecule is CC[C@@H]1C[C@H](N2CC(F)(F)C2)CC1C(=N)n1c(=[N-])cnc2[nH]ccc21. The molecule has 2 aliphatic rings. The van der Waals surface area contributed by atoms with Crippen LogP contribution >= 0.6 is 0 Å². The largest absolute Gasteiger partial charge is 0.463 e. The number of alkyl halides is 2. The molecule has 0 amide bonds. The van der Waals surface area contributed by atoms with E-state index in [-0.39, 0.29) is 36.5 Å². The zero-order valence-corrected chi connectivity index (χ0v) is 14.0. The van der Waals surface area contributed by atoms with Crippen LogP contribution in [0.2, 0.25) is 0 Å². The summed E-state index contributed by atoms with van der Waals surface area (Å²) in [6, 6.07) is 1.86. The first-order valence-electron chi connectivity index (χ1n) is 8.67. The highest BCUT2D eigenvalue weighted by atomic mass is 19.3. The molecule has 0 aromatic carbocycles. The first kappa shape index (κ1) is 16.4. The minimum Gasteiger partial charge on any atom is -0.463 e.